The highest BCUT2D eigenvalue weighted by atomic mass is 16.4. The highest BCUT2D eigenvalue weighted by Crippen LogP contribution is 2.06. The molecule has 0 aliphatic rings. The van der Waals surface area contributed by atoms with E-state index in [4.69, 9.17) is 9.76 Å². The minimum absolute atomic E-state index is 0.0644. The van der Waals surface area contributed by atoms with Crippen LogP contribution in [-0.4, -0.2) is 19.1 Å². The highest BCUT2D eigenvalue weighted by Gasteiger charge is 1.89. The van der Waals surface area contributed by atoms with E-state index in [-0.39, 0.29) is 6.51 Å². The summed E-state index contributed by atoms with van der Waals surface area (Å²) in [4.78, 5) is 0. The Labute approximate surface area is 60.7 Å². The van der Waals surface area contributed by atoms with Crippen molar-refractivity contribution in [3.63, 3.8) is 0 Å². The van der Waals surface area contributed by atoms with Crippen molar-refractivity contribution < 1.29 is 9.76 Å². The SMILES string of the molecule is OCBOc1ccccc1. The van der Waals surface area contributed by atoms with Gasteiger partial charge >= 0.3 is 7.48 Å². The third-order valence-electron chi connectivity index (χ3n) is 1.10. The molecule has 0 fully saturated rings. The Balaban J connectivity index is 2.43. The average molecular weight is 136 g/mol. The van der Waals surface area contributed by atoms with Crippen LogP contribution in [0.15, 0.2) is 30.3 Å². The van der Waals surface area contributed by atoms with Gasteiger partial charge in [-0.15, -0.1) is 0 Å². The van der Waals surface area contributed by atoms with Crippen LogP contribution in [0.3, 0.4) is 0 Å². The summed E-state index contributed by atoms with van der Waals surface area (Å²) in [6.07, 6.45) is 0. The van der Waals surface area contributed by atoms with Crippen molar-refractivity contribution >= 4 is 7.48 Å². The van der Waals surface area contributed by atoms with Crippen molar-refractivity contribution in [3.8, 4) is 5.75 Å². The largest absolute Gasteiger partial charge is 0.562 e. The monoisotopic (exact) mass is 136 g/mol. The number of aliphatic hydroxyl groups excluding tert-OH is 1. The molecule has 0 atom stereocenters. The minimum Gasteiger partial charge on any atom is -0.562 e. The van der Waals surface area contributed by atoms with Crippen LogP contribution in [0.1, 0.15) is 0 Å². The number of para-hydroxylation sites is 1. The average Bonchev–Trinajstić information content (AvgIpc) is 2.03. The van der Waals surface area contributed by atoms with Gasteiger partial charge in [0.15, 0.2) is 0 Å². The molecule has 0 saturated carbocycles. The van der Waals surface area contributed by atoms with E-state index >= 15 is 0 Å². The lowest BCUT2D eigenvalue weighted by Crippen LogP contribution is -2.06. The molecule has 0 radical (unpaired) electrons. The quantitative estimate of drug-likeness (QED) is 0.608. The molecule has 3 heteroatoms. The molecule has 0 amide bonds. The van der Waals surface area contributed by atoms with Crippen molar-refractivity contribution in [2.75, 3.05) is 6.51 Å². The second-order valence-electron chi connectivity index (χ2n) is 1.89. The predicted molar refractivity (Wildman–Crippen MR) is 41.3 cm³/mol. The summed E-state index contributed by atoms with van der Waals surface area (Å²) in [6.45, 7) is 0.0644. The number of hydrogen-bond acceptors (Lipinski definition) is 2. The molecule has 0 aromatic heterocycles. The zero-order chi connectivity index (χ0) is 7.23. The molecule has 52 valence electrons. The summed E-state index contributed by atoms with van der Waals surface area (Å²) < 4.78 is 5.11. The number of benzene rings is 1. The maximum Gasteiger partial charge on any atom is 0.365 e. The minimum atomic E-state index is 0.0644. The summed E-state index contributed by atoms with van der Waals surface area (Å²) >= 11 is 0. The van der Waals surface area contributed by atoms with Gasteiger partial charge in [0.2, 0.25) is 0 Å². The fraction of sp³-hybridized carbons (Fsp3) is 0.143. The molecule has 0 bridgehead atoms. The van der Waals surface area contributed by atoms with E-state index in [0.717, 1.165) is 5.75 Å². The lowest BCUT2D eigenvalue weighted by molar-refractivity contribution is 0.350. The Bertz CT molecular complexity index is 176. The Hall–Kier alpha value is -0.955. The van der Waals surface area contributed by atoms with Gasteiger partial charge in [-0.3, -0.25) is 0 Å². The lowest BCUT2D eigenvalue weighted by atomic mass is 10.1. The summed E-state index contributed by atoms with van der Waals surface area (Å²) in [5.74, 6) is 0.802. The van der Waals surface area contributed by atoms with E-state index in [1.54, 1.807) is 0 Å². The molecule has 1 N–H and O–H groups in total. The molecule has 0 aliphatic heterocycles. The van der Waals surface area contributed by atoms with Gasteiger partial charge in [0.25, 0.3) is 0 Å². The maximum atomic E-state index is 8.40. The summed E-state index contributed by atoms with van der Waals surface area (Å²) in [6, 6.07) is 9.43. The van der Waals surface area contributed by atoms with Gasteiger partial charge in [0.05, 0.1) is 12.3 Å². The Kier molecular flexibility index (Phi) is 2.83. The van der Waals surface area contributed by atoms with Crippen molar-refractivity contribution in [2.24, 2.45) is 0 Å². The van der Waals surface area contributed by atoms with E-state index in [1.165, 1.54) is 0 Å². The molecule has 0 aliphatic carbocycles. The van der Waals surface area contributed by atoms with Gasteiger partial charge in [-0.2, -0.15) is 0 Å². The molecule has 1 aromatic rings. The van der Waals surface area contributed by atoms with E-state index in [1.807, 2.05) is 30.3 Å². The molecule has 10 heavy (non-hydrogen) atoms. The third kappa shape index (κ3) is 2.11. The van der Waals surface area contributed by atoms with E-state index < -0.39 is 0 Å². The predicted octanol–water partition coefficient (Wildman–Crippen LogP) is 0.367. The summed E-state index contributed by atoms with van der Waals surface area (Å²) in [5.41, 5.74) is 0. The van der Waals surface area contributed by atoms with E-state index in [2.05, 4.69) is 0 Å². The topological polar surface area (TPSA) is 29.5 Å². The molecule has 1 rings (SSSR count). The highest BCUT2D eigenvalue weighted by molar-refractivity contribution is 6.27. The van der Waals surface area contributed by atoms with Crippen molar-refractivity contribution in [3.05, 3.63) is 30.3 Å². The molecule has 2 nitrogen and oxygen atoms in total. The summed E-state index contributed by atoms with van der Waals surface area (Å²) in [7, 11) is 0.365. The number of hydrogen-bond donors (Lipinski definition) is 1. The summed E-state index contributed by atoms with van der Waals surface area (Å²) in [5, 5.41) is 8.40. The smallest absolute Gasteiger partial charge is 0.365 e. The van der Waals surface area contributed by atoms with Gasteiger partial charge < -0.3 is 9.76 Å². The van der Waals surface area contributed by atoms with Gasteiger partial charge in [-0.05, 0) is 12.1 Å². The molecular formula is C7H9BO2. The van der Waals surface area contributed by atoms with Crippen LogP contribution in [0.5, 0.6) is 5.75 Å². The Morgan fingerprint density at radius 3 is 2.60 bits per heavy atom. The van der Waals surface area contributed by atoms with Crippen molar-refractivity contribution in [2.45, 2.75) is 0 Å². The molecular weight excluding hydrogens is 127 g/mol. The fourth-order valence-electron chi connectivity index (χ4n) is 0.680. The first-order valence-electron chi connectivity index (χ1n) is 3.22. The number of aliphatic hydroxyl groups is 1. The number of rotatable bonds is 3. The lowest BCUT2D eigenvalue weighted by Gasteiger charge is -2.00. The van der Waals surface area contributed by atoms with Crippen LogP contribution < -0.4 is 4.65 Å². The first-order valence-corrected chi connectivity index (χ1v) is 3.22. The van der Waals surface area contributed by atoms with Crippen LogP contribution in [0.2, 0.25) is 0 Å². The van der Waals surface area contributed by atoms with Gasteiger partial charge in [-0.1, -0.05) is 18.2 Å². The fourth-order valence-corrected chi connectivity index (χ4v) is 0.680. The van der Waals surface area contributed by atoms with Crippen LogP contribution in [0.25, 0.3) is 0 Å². The molecule has 0 saturated heterocycles. The standard InChI is InChI=1S/C7H9BO2/c9-6-8-10-7-4-2-1-3-5-7/h1-5,8-9H,6H2. The van der Waals surface area contributed by atoms with Gasteiger partial charge in [-0.25, -0.2) is 0 Å². The Morgan fingerprint density at radius 2 is 2.00 bits per heavy atom. The zero-order valence-electron chi connectivity index (χ0n) is 5.66. The van der Waals surface area contributed by atoms with Crippen molar-refractivity contribution in [1.82, 2.24) is 0 Å². The second kappa shape index (κ2) is 3.96. The van der Waals surface area contributed by atoms with Gasteiger partial charge in [0.1, 0.15) is 0 Å². The maximum absolute atomic E-state index is 8.40. The van der Waals surface area contributed by atoms with E-state index in [0.29, 0.717) is 7.48 Å². The zero-order valence-corrected chi connectivity index (χ0v) is 5.66. The van der Waals surface area contributed by atoms with Crippen LogP contribution in [0.4, 0.5) is 0 Å². The third-order valence-corrected chi connectivity index (χ3v) is 1.10. The van der Waals surface area contributed by atoms with Crippen molar-refractivity contribution in [1.29, 1.82) is 0 Å². The Morgan fingerprint density at radius 1 is 1.30 bits per heavy atom. The molecule has 0 spiro atoms. The van der Waals surface area contributed by atoms with Crippen LogP contribution in [0, 0.1) is 0 Å². The molecule has 0 unspecified atom stereocenters. The second-order valence-corrected chi connectivity index (χ2v) is 1.89. The van der Waals surface area contributed by atoms with Gasteiger partial charge in [0, 0.05) is 0 Å². The normalized spacial score (nSPS) is 8.90. The molecule has 0 heterocycles. The molecule has 1 aromatic carbocycles. The first kappa shape index (κ1) is 7.16. The van der Waals surface area contributed by atoms with Crippen LogP contribution >= 0.6 is 0 Å². The van der Waals surface area contributed by atoms with Crippen LogP contribution in [-0.2, 0) is 0 Å². The first-order chi connectivity index (χ1) is 4.93. The van der Waals surface area contributed by atoms with E-state index in [9.17, 15) is 0 Å².